The van der Waals surface area contributed by atoms with Gasteiger partial charge >= 0.3 is 5.97 Å². The molecule has 0 aromatic heterocycles. The van der Waals surface area contributed by atoms with Crippen LogP contribution in [-0.2, 0) is 14.3 Å². The molecule has 4 nitrogen and oxygen atoms in total. The fourth-order valence-electron chi connectivity index (χ4n) is 4.99. The lowest BCUT2D eigenvalue weighted by molar-refractivity contribution is -0.137. The summed E-state index contributed by atoms with van der Waals surface area (Å²) < 4.78 is 12.5. The number of carbonyl (C=O) groups is 1. The smallest absolute Gasteiger partial charge is 0.303 e. The lowest BCUT2D eigenvalue weighted by atomic mass is 9.77. The minimum atomic E-state index is -0.670. The third-order valence-corrected chi connectivity index (χ3v) is 6.34. The zero-order chi connectivity index (χ0) is 16.8. The van der Waals surface area contributed by atoms with Crippen LogP contribution in [0.1, 0.15) is 83.5 Å². The zero-order valence-electron chi connectivity index (χ0n) is 15.0. The van der Waals surface area contributed by atoms with Crippen molar-refractivity contribution in [2.45, 2.75) is 102 Å². The van der Waals surface area contributed by atoms with Gasteiger partial charge in [0.1, 0.15) is 0 Å². The van der Waals surface area contributed by atoms with Crippen molar-refractivity contribution in [2.24, 2.45) is 11.8 Å². The second-order valence-corrected chi connectivity index (χ2v) is 8.06. The summed E-state index contributed by atoms with van der Waals surface area (Å²) in [5.41, 5.74) is 0. The van der Waals surface area contributed by atoms with Gasteiger partial charge in [-0.3, -0.25) is 4.79 Å². The first-order valence-corrected chi connectivity index (χ1v) is 10.2. The Balaban J connectivity index is 1.37. The highest BCUT2D eigenvalue weighted by molar-refractivity contribution is 5.66. The van der Waals surface area contributed by atoms with Crippen molar-refractivity contribution in [1.82, 2.24) is 0 Å². The van der Waals surface area contributed by atoms with Gasteiger partial charge in [-0.2, -0.15) is 0 Å². The Morgan fingerprint density at radius 3 is 2.38 bits per heavy atom. The van der Waals surface area contributed by atoms with Crippen LogP contribution >= 0.6 is 0 Å². The molecule has 3 fully saturated rings. The quantitative estimate of drug-likeness (QED) is 0.594. The average Bonchev–Trinajstić information content (AvgIpc) is 3.18. The summed E-state index contributed by atoms with van der Waals surface area (Å²) in [5.74, 6) is 0.605. The standard InChI is InChI=1S/C20H34O4/c21-20(22)11-7-2-1-6-10-16-17(19-13-12-18(16)24-19)14-23-15-8-4-3-5-9-15/h15-19H,1-14H2,(H,21,22)/t16-,17+,18-,19+/m1/s1. The molecule has 2 heterocycles. The molecule has 3 rings (SSSR count). The van der Waals surface area contributed by atoms with E-state index in [-0.39, 0.29) is 0 Å². The number of hydrogen-bond acceptors (Lipinski definition) is 3. The molecule has 4 atom stereocenters. The molecule has 0 radical (unpaired) electrons. The highest BCUT2D eigenvalue weighted by Crippen LogP contribution is 2.46. The van der Waals surface area contributed by atoms with Crippen LogP contribution in [-0.4, -0.2) is 36.0 Å². The summed E-state index contributed by atoms with van der Waals surface area (Å²) in [6, 6.07) is 0. The van der Waals surface area contributed by atoms with Gasteiger partial charge < -0.3 is 14.6 Å². The minimum Gasteiger partial charge on any atom is -0.481 e. The van der Waals surface area contributed by atoms with Gasteiger partial charge in [0.15, 0.2) is 0 Å². The predicted octanol–water partition coefficient (Wildman–Crippen LogP) is 4.55. The molecule has 0 aromatic rings. The third-order valence-electron chi connectivity index (χ3n) is 6.34. The molecular formula is C20H34O4. The molecule has 0 unspecified atom stereocenters. The van der Waals surface area contributed by atoms with Gasteiger partial charge in [-0.25, -0.2) is 0 Å². The van der Waals surface area contributed by atoms with E-state index in [4.69, 9.17) is 14.6 Å². The van der Waals surface area contributed by atoms with Gasteiger partial charge in [-0.05, 0) is 44.4 Å². The molecule has 1 N–H and O–H groups in total. The van der Waals surface area contributed by atoms with Crippen LogP contribution in [0.3, 0.4) is 0 Å². The van der Waals surface area contributed by atoms with E-state index < -0.39 is 5.97 Å². The van der Waals surface area contributed by atoms with Gasteiger partial charge in [0.2, 0.25) is 0 Å². The fourth-order valence-corrected chi connectivity index (χ4v) is 4.99. The molecule has 0 spiro atoms. The van der Waals surface area contributed by atoms with E-state index in [1.54, 1.807) is 0 Å². The Morgan fingerprint density at radius 2 is 1.62 bits per heavy atom. The molecule has 1 saturated carbocycles. The van der Waals surface area contributed by atoms with E-state index in [0.717, 1.165) is 25.9 Å². The summed E-state index contributed by atoms with van der Waals surface area (Å²) in [4.78, 5) is 10.5. The van der Waals surface area contributed by atoms with Gasteiger partial charge in [0.25, 0.3) is 0 Å². The molecule has 2 bridgehead atoms. The summed E-state index contributed by atoms with van der Waals surface area (Å²) in [6.07, 6.45) is 16.1. The maximum atomic E-state index is 10.5. The molecule has 24 heavy (non-hydrogen) atoms. The first kappa shape index (κ1) is 18.2. The Bertz CT molecular complexity index is 391. The van der Waals surface area contributed by atoms with E-state index >= 15 is 0 Å². The second kappa shape index (κ2) is 9.19. The van der Waals surface area contributed by atoms with Crippen molar-refractivity contribution in [3.63, 3.8) is 0 Å². The van der Waals surface area contributed by atoms with Crippen molar-refractivity contribution in [3.05, 3.63) is 0 Å². The molecular weight excluding hydrogens is 304 g/mol. The monoisotopic (exact) mass is 338 g/mol. The number of hydrogen-bond donors (Lipinski definition) is 1. The molecule has 0 amide bonds. The van der Waals surface area contributed by atoms with Crippen LogP contribution in [0.2, 0.25) is 0 Å². The van der Waals surface area contributed by atoms with Crippen molar-refractivity contribution in [1.29, 1.82) is 0 Å². The van der Waals surface area contributed by atoms with Crippen molar-refractivity contribution in [3.8, 4) is 0 Å². The first-order valence-electron chi connectivity index (χ1n) is 10.2. The van der Waals surface area contributed by atoms with Gasteiger partial charge in [0.05, 0.1) is 24.9 Å². The highest BCUT2D eigenvalue weighted by atomic mass is 16.5. The van der Waals surface area contributed by atoms with Gasteiger partial charge in [-0.1, -0.05) is 38.5 Å². The number of unbranched alkanes of at least 4 members (excludes halogenated alkanes) is 3. The van der Waals surface area contributed by atoms with Crippen LogP contribution in [0.4, 0.5) is 0 Å². The van der Waals surface area contributed by atoms with Crippen molar-refractivity contribution < 1.29 is 19.4 Å². The molecule has 138 valence electrons. The van der Waals surface area contributed by atoms with Gasteiger partial charge in [-0.15, -0.1) is 0 Å². The summed E-state index contributed by atoms with van der Waals surface area (Å²) >= 11 is 0. The number of aliphatic carboxylic acids is 1. The number of carboxylic acid groups (broad SMARTS) is 1. The van der Waals surface area contributed by atoms with Crippen LogP contribution < -0.4 is 0 Å². The molecule has 3 aliphatic rings. The zero-order valence-corrected chi connectivity index (χ0v) is 15.0. The van der Waals surface area contributed by atoms with Crippen LogP contribution in [0.15, 0.2) is 0 Å². The molecule has 1 aliphatic carbocycles. The molecule has 0 aromatic carbocycles. The predicted molar refractivity (Wildman–Crippen MR) is 93.0 cm³/mol. The molecule has 2 saturated heterocycles. The van der Waals surface area contributed by atoms with Crippen molar-refractivity contribution in [2.75, 3.05) is 6.61 Å². The van der Waals surface area contributed by atoms with Gasteiger partial charge in [0, 0.05) is 12.3 Å². The maximum Gasteiger partial charge on any atom is 0.303 e. The lowest BCUT2D eigenvalue weighted by Gasteiger charge is -2.30. The normalized spacial score (nSPS) is 33.2. The van der Waals surface area contributed by atoms with E-state index in [9.17, 15) is 4.79 Å². The largest absolute Gasteiger partial charge is 0.481 e. The topological polar surface area (TPSA) is 55.8 Å². The fraction of sp³-hybridized carbons (Fsp3) is 0.950. The number of rotatable bonds is 10. The maximum absolute atomic E-state index is 10.5. The Hall–Kier alpha value is -0.610. The Labute approximate surface area is 146 Å². The number of ether oxygens (including phenoxy) is 2. The van der Waals surface area contributed by atoms with Crippen LogP contribution in [0.5, 0.6) is 0 Å². The van der Waals surface area contributed by atoms with Crippen LogP contribution in [0, 0.1) is 11.8 Å². The summed E-state index contributed by atoms with van der Waals surface area (Å²) in [7, 11) is 0. The minimum absolute atomic E-state index is 0.315. The van der Waals surface area contributed by atoms with E-state index in [0.29, 0.717) is 36.6 Å². The summed E-state index contributed by atoms with van der Waals surface area (Å²) in [5, 5.41) is 8.68. The first-order chi connectivity index (χ1) is 11.7. The lowest BCUT2D eigenvalue weighted by Crippen LogP contribution is -2.32. The number of carboxylic acids is 1. The van der Waals surface area contributed by atoms with Crippen molar-refractivity contribution >= 4 is 5.97 Å². The highest BCUT2D eigenvalue weighted by Gasteiger charge is 2.48. The van der Waals surface area contributed by atoms with E-state index in [1.807, 2.05) is 0 Å². The Kier molecular flexibility index (Phi) is 6.96. The third kappa shape index (κ3) is 4.95. The molecule has 4 heteroatoms. The average molecular weight is 338 g/mol. The summed E-state index contributed by atoms with van der Waals surface area (Å²) in [6.45, 7) is 0.898. The van der Waals surface area contributed by atoms with E-state index in [2.05, 4.69) is 0 Å². The van der Waals surface area contributed by atoms with Crippen LogP contribution in [0.25, 0.3) is 0 Å². The second-order valence-electron chi connectivity index (χ2n) is 8.06. The SMILES string of the molecule is O=C(O)CCCCCC[C@@H]1[C@H](COC2CCCCC2)[C@@H]2CC[C@H]1O2. The van der Waals surface area contributed by atoms with E-state index in [1.165, 1.54) is 57.8 Å². The molecule has 2 aliphatic heterocycles. The number of fused-ring (bicyclic) bond motifs is 2. The Morgan fingerprint density at radius 1 is 0.917 bits per heavy atom.